The number of nitrogens with two attached hydrogens (primary N) is 1. The molecule has 3 aromatic rings. The van der Waals surface area contributed by atoms with Crippen LogP contribution in [-0.4, -0.2) is 21.0 Å². The van der Waals surface area contributed by atoms with E-state index in [4.69, 9.17) is 10.8 Å². The molecule has 0 aliphatic carbocycles. The zero-order valence-corrected chi connectivity index (χ0v) is 13.2. The van der Waals surface area contributed by atoms with E-state index in [0.29, 0.717) is 16.0 Å². The molecule has 0 aliphatic heterocycles. The van der Waals surface area contributed by atoms with Crippen LogP contribution < -0.4 is 11.1 Å². The molecule has 2 aromatic heterocycles. The smallest absolute Gasteiger partial charge is 0.335 e. The summed E-state index contributed by atoms with van der Waals surface area (Å²) in [6, 6.07) is 6.60. The second kappa shape index (κ2) is 5.74. The number of thiazole rings is 2. The van der Waals surface area contributed by atoms with Gasteiger partial charge in [0.25, 0.3) is 0 Å². The van der Waals surface area contributed by atoms with Crippen molar-refractivity contribution >= 4 is 44.6 Å². The number of aryl methyl sites for hydroxylation is 1. The number of nitrogens with zero attached hydrogens (tertiary/aromatic N) is 2. The lowest BCUT2D eigenvalue weighted by molar-refractivity contribution is 0.0697. The van der Waals surface area contributed by atoms with Gasteiger partial charge < -0.3 is 16.2 Å². The van der Waals surface area contributed by atoms with Gasteiger partial charge in [0.15, 0.2) is 10.3 Å². The molecule has 0 amide bonds. The van der Waals surface area contributed by atoms with Crippen LogP contribution in [0, 0.1) is 6.92 Å². The maximum atomic E-state index is 11.0. The van der Waals surface area contributed by atoms with Crippen molar-refractivity contribution in [2.45, 2.75) is 6.92 Å². The lowest BCUT2D eigenvalue weighted by atomic mass is 10.2. The third kappa shape index (κ3) is 2.92. The van der Waals surface area contributed by atoms with E-state index in [0.717, 1.165) is 16.3 Å². The highest BCUT2D eigenvalue weighted by molar-refractivity contribution is 7.19. The normalized spacial score (nSPS) is 10.6. The van der Waals surface area contributed by atoms with Gasteiger partial charge in [-0.05, 0) is 25.1 Å². The molecule has 0 atom stereocenters. The Morgan fingerprint density at radius 3 is 2.86 bits per heavy atom. The SMILES string of the molecule is Cc1nc(N)sc1-c1csc(Nc2cccc(C(=O)O)c2)n1. The number of aromatic nitrogens is 2. The molecule has 0 bridgehead atoms. The minimum absolute atomic E-state index is 0.229. The lowest BCUT2D eigenvalue weighted by Crippen LogP contribution is -1.97. The van der Waals surface area contributed by atoms with Gasteiger partial charge in [-0.3, -0.25) is 0 Å². The van der Waals surface area contributed by atoms with E-state index in [1.807, 2.05) is 12.3 Å². The molecule has 0 unspecified atom stereocenters. The van der Waals surface area contributed by atoms with Gasteiger partial charge in [0, 0.05) is 11.1 Å². The number of carboxylic acid groups (broad SMARTS) is 1. The van der Waals surface area contributed by atoms with E-state index < -0.39 is 5.97 Å². The van der Waals surface area contributed by atoms with Crippen LogP contribution in [-0.2, 0) is 0 Å². The first kappa shape index (κ1) is 14.5. The monoisotopic (exact) mass is 332 g/mol. The van der Waals surface area contributed by atoms with E-state index in [2.05, 4.69) is 15.3 Å². The molecule has 0 aliphatic rings. The van der Waals surface area contributed by atoms with E-state index >= 15 is 0 Å². The Bertz CT molecular complexity index is 841. The molecule has 0 saturated heterocycles. The molecule has 22 heavy (non-hydrogen) atoms. The van der Waals surface area contributed by atoms with Gasteiger partial charge >= 0.3 is 5.97 Å². The summed E-state index contributed by atoms with van der Waals surface area (Å²) in [5.74, 6) is -0.959. The predicted octanol–water partition coefficient (Wildman–Crippen LogP) is 3.60. The highest BCUT2D eigenvalue weighted by atomic mass is 32.1. The van der Waals surface area contributed by atoms with Gasteiger partial charge in [-0.2, -0.15) is 0 Å². The Labute approximate surface area is 134 Å². The van der Waals surface area contributed by atoms with Crippen molar-refractivity contribution < 1.29 is 9.90 Å². The number of nitrogen functional groups attached to an aromatic ring is 1. The highest BCUT2D eigenvalue weighted by Gasteiger charge is 2.12. The fourth-order valence-corrected chi connectivity index (χ4v) is 3.53. The zero-order chi connectivity index (χ0) is 15.7. The Morgan fingerprint density at radius 2 is 2.18 bits per heavy atom. The van der Waals surface area contributed by atoms with Crippen LogP contribution in [0.25, 0.3) is 10.6 Å². The van der Waals surface area contributed by atoms with E-state index in [1.54, 1.807) is 24.3 Å². The molecular formula is C14H12N4O2S2. The van der Waals surface area contributed by atoms with Crippen LogP contribution in [0.5, 0.6) is 0 Å². The second-order valence-electron chi connectivity index (χ2n) is 4.52. The largest absolute Gasteiger partial charge is 0.478 e. The van der Waals surface area contributed by atoms with Gasteiger partial charge in [0.05, 0.1) is 21.8 Å². The maximum absolute atomic E-state index is 11.0. The molecule has 4 N–H and O–H groups in total. The quantitative estimate of drug-likeness (QED) is 0.675. The number of nitrogens with one attached hydrogen (secondary N) is 1. The first-order chi connectivity index (χ1) is 10.5. The summed E-state index contributed by atoms with van der Waals surface area (Å²) in [6.45, 7) is 1.89. The summed E-state index contributed by atoms with van der Waals surface area (Å²) < 4.78 is 0. The average molecular weight is 332 g/mol. The zero-order valence-electron chi connectivity index (χ0n) is 11.5. The van der Waals surface area contributed by atoms with Crippen LogP contribution in [0.4, 0.5) is 16.0 Å². The number of aromatic carboxylic acids is 1. The summed E-state index contributed by atoms with van der Waals surface area (Å²) in [5, 5.41) is 15.2. The second-order valence-corrected chi connectivity index (χ2v) is 6.40. The summed E-state index contributed by atoms with van der Waals surface area (Å²) in [4.78, 5) is 20.6. The van der Waals surface area contributed by atoms with Crippen molar-refractivity contribution in [2.24, 2.45) is 0 Å². The van der Waals surface area contributed by atoms with Crippen LogP contribution in [0.2, 0.25) is 0 Å². The molecule has 0 fully saturated rings. The third-order valence-corrected chi connectivity index (χ3v) is 4.68. The third-order valence-electron chi connectivity index (χ3n) is 2.91. The van der Waals surface area contributed by atoms with Gasteiger partial charge in [-0.15, -0.1) is 11.3 Å². The topological polar surface area (TPSA) is 101 Å². The standard InChI is InChI=1S/C14H12N4O2S2/c1-7-11(22-13(15)16-7)10-6-21-14(18-10)17-9-4-2-3-8(5-9)12(19)20/h2-6H,1H3,(H2,15,16)(H,17,18)(H,19,20). The Hall–Kier alpha value is -2.45. The molecular weight excluding hydrogens is 320 g/mol. The van der Waals surface area contributed by atoms with Crippen LogP contribution in [0.15, 0.2) is 29.6 Å². The van der Waals surface area contributed by atoms with Crippen molar-refractivity contribution in [1.29, 1.82) is 0 Å². The highest BCUT2D eigenvalue weighted by Crippen LogP contribution is 2.34. The van der Waals surface area contributed by atoms with Gasteiger partial charge in [0.2, 0.25) is 0 Å². The number of hydrogen-bond acceptors (Lipinski definition) is 7. The fraction of sp³-hybridized carbons (Fsp3) is 0.0714. The van der Waals surface area contributed by atoms with Gasteiger partial charge in [-0.25, -0.2) is 14.8 Å². The summed E-state index contributed by atoms with van der Waals surface area (Å²) in [6.07, 6.45) is 0. The number of rotatable bonds is 4. The van der Waals surface area contributed by atoms with Gasteiger partial charge in [0.1, 0.15) is 0 Å². The van der Waals surface area contributed by atoms with E-state index in [1.165, 1.54) is 22.7 Å². The molecule has 0 saturated carbocycles. The molecule has 2 heterocycles. The van der Waals surface area contributed by atoms with Crippen LogP contribution in [0.3, 0.4) is 0 Å². The molecule has 6 nitrogen and oxygen atoms in total. The molecule has 0 radical (unpaired) electrons. The fourth-order valence-electron chi connectivity index (χ4n) is 1.94. The molecule has 112 valence electrons. The minimum Gasteiger partial charge on any atom is -0.478 e. The van der Waals surface area contributed by atoms with Crippen molar-refractivity contribution in [3.63, 3.8) is 0 Å². The average Bonchev–Trinajstić information content (AvgIpc) is 3.05. The minimum atomic E-state index is -0.959. The number of carbonyl (C=O) groups is 1. The predicted molar refractivity (Wildman–Crippen MR) is 89.1 cm³/mol. The molecule has 8 heteroatoms. The van der Waals surface area contributed by atoms with E-state index in [-0.39, 0.29) is 5.56 Å². The Morgan fingerprint density at radius 1 is 1.36 bits per heavy atom. The van der Waals surface area contributed by atoms with E-state index in [9.17, 15) is 4.79 Å². The Balaban J connectivity index is 1.84. The lowest BCUT2D eigenvalue weighted by Gasteiger charge is -2.03. The van der Waals surface area contributed by atoms with Crippen LogP contribution >= 0.6 is 22.7 Å². The summed E-state index contributed by atoms with van der Waals surface area (Å²) in [5.41, 5.74) is 8.28. The van der Waals surface area contributed by atoms with Crippen molar-refractivity contribution in [1.82, 2.24) is 9.97 Å². The number of benzene rings is 1. The summed E-state index contributed by atoms with van der Waals surface area (Å²) in [7, 11) is 0. The number of hydrogen-bond donors (Lipinski definition) is 3. The number of anilines is 3. The maximum Gasteiger partial charge on any atom is 0.335 e. The molecule has 1 aromatic carbocycles. The number of carboxylic acids is 1. The molecule has 3 rings (SSSR count). The van der Waals surface area contributed by atoms with Crippen molar-refractivity contribution in [3.8, 4) is 10.6 Å². The first-order valence-electron chi connectivity index (χ1n) is 6.32. The van der Waals surface area contributed by atoms with Crippen molar-refractivity contribution in [2.75, 3.05) is 11.1 Å². The van der Waals surface area contributed by atoms with Crippen molar-refractivity contribution in [3.05, 3.63) is 40.9 Å². The van der Waals surface area contributed by atoms with Gasteiger partial charge in [-0.1, -0.05) is 17.4 Å². The first-order valence-corrected chi connectivity index (χ1v) is 8.02. The molecule has 0 spiro atoms. The van der Waals surface area contributed by atoms with Crippen LogP contribution in [0.1, 0.15) is 16.1 Å². The Kier molecular flexibility index (Phi) is 3.78. The summed E-state index contributed by atoms with van der Waals surface area (Å²) >= 11 is 2.84.